The lowest BCUT2D eigenvalue weighted by Crippen LogP contribution is -2.54. The zero-order chi connectivity index (χ0) is 32.6. The summed E-state index contributed by atoms with van der Waals surface area (Å²) in [7, 11) is 0. The van der Waals surface area contributed by atoms with Crippen LogP contribution in [0.2, 0.25) is 0 Å². The maximum absolute atomic E-state index is 11.7. The summed E-state index contributed by atoms with van der Waals surface area (Å²) in [5.74, 6) is -3.04. The van der Waals surface area contributed by atoms with Crippen molar-refractivity contribution in [3.63, 3.8) is 0 Å². The van der Waals surface area contributed by atoms with Gasteiger partial charge in [-0.25, -0.2) is 0 Å². The lowest BCUT2D eigenvalue weighted by atomic mass is 10.0. The number of amides is 1. The van der Waals surface area contributed by atoms with E-state index in [4.69, 9.17) is 5.11 Å². The van der Waals surface area contributed by atoms with Crippen LogP contribution in [0.15, 0.2) is 24.6 Å². The smallest absolute Gasteiger partial charge is 0.255 e. The molecule has 0 aliphatic rings. The van der Waals surface area contributed by atoms with E-state index in [-0.39, 0.29) is 0 Å². The third-order valence-electron chi connectivity index (χ3n) is 7.47. The van der Waals surface area contributed by atoms with E-state index in [1.54, 1.807) is 6.08 Å². The number of carboxylic acid groups (broad SMARTS) is 1. The van der Waals surface area contributed by atoms with Crippen LogP contribution in [-0.4, -0.2) is 56.7 Å². The van der Waals surface area contributed by atoms with Crippen molar-refractivity contribution in [3.8, 4) is 0 Å². The summed E-state index contributed by atoms with van der Waals surface area (Å²) in [6.07, 6.45) is 26.7. The molecule has 0 aromatic rings. The number of rotatable bonds is 28. The molecule has 9 nitrogen and oxygen atoms in total. The van der Waals surface area contributed by atoms with Gasteiger partial charge >= 0.3 is 0 Å². The quantitative estimate of drug-likeness (QED) is 0.0716. The number of aliphatic hydroxyl groups is 4. The minimum atomic E-state index is -2.41. The highest BCUT2D eigenvalue weighted by Gasteiger charge is 2.34. The monoisotopic (exact) mass is 614 g/mol. The topological polar surface area (TPSA) is 178 Å². The molecule has 254 valence electrons. The Kier molecular flexibility index (Phi) is 33.4. The number of allylic oxidation sites excluding steroid dienone is 2. The number of aliphatic hydroxyl groups excluding tert-OH is 4. The number of hydrogen-bond acceptors (Lipinski definition) is 7. The summed E-state index contributed by atoms with van der Waals surface area (Å²) in [5.41, 5.74) is 3.69. The molecule has 0 bridgehead atoms. The molecule has 0 radical (unpaired) electrons. The molecule has 0 heterocycles. The van der Waals surface area contributed by atoms with Crippen molar-refractivity contribution in [2.45, 2.75) is 180 Å². The van der Waals surface area contributed by atoms with Crippen LogP contribution in [-0.2, 0) is 9.59 Å². The van der Waals surface area contributed by atoms with Gasteiger partial charge in [-0.3, -0.25) is 4.79 Å². The summed E-state index contributed by atoms with van der Waals surface area (Å²) in [6, 6.07) is 0. The van der Waals surface area contributed by atoms with Crippen LogP contribution in [0, 0.1) is 0 Å². The van der Waals surface area contributed by atoms with Crippen molar-refractivity contribution in [2.75, 3.05) is 0 Å². The number of carbonyl (C=O) groups excluding carboxylic acids is 2. The molecular formula is C34H66N2O7. The van der Waals surface area contributed by atoms with Crippen LogP contribution < -0.4 is 16.2 Å². The maximum atomic E-state index is 11.7. The van der Waals surface area contributed by atoms with Gasteiger partial charge in [-0.2, -0.15) is 0 Å². The van der Waals surface area contributed by atoms with Crippen molar-refractivity contribution in [3.05, 3.63) is 24.6 Å². The number of carbonyl (C=O) groups is 2. The molecule has 0 aromatic heterocycles. The fourth-order valence-corrected chi connectivity index (χ4v) is 4.59. The van der Waals surface area contributed by atoms with Crippen LogP contribution in [0.1, 0.15) is 155 Å². The van der Waals surface area contributed by atoms with Gasteiger partial charge in [0, 0.05) is 0 Å². The number of unbranched alkanes of at least 4 members (excludes halogenated alkanes) is 20. The predicted molar refractivity (Wildman–Crippen MR) is 171 cm³/mol. The van der Waals surface area contributed by atoms with Gasteiger partial charge in [-0.15, -0.1) is 0 Å². The molecule has 9 heteroatoms. The molecule has 0 saturated carbocycles. The van der Waals surface area contributed by atoms with Crippen LogP contribution in [0.3, 0.4) is 0 Å². The Balaban J connectivity index is 0. The standard InChI is InChI=1S/C20H37NO7.C14H29N/c1-2-3-4-5-6-7-8-9-10-11-12-13-14-21-19(26)17(24)15(22)16(23)18(25)20(27)28;1-2-3-4-5-6-7-8-9-10-11-12-13-14-15/h13-18,22-25H,2-12H2,1H3,(H,21,26)(H,27,28);13-14H,2-12,15H2,1H3/t15-,16-,17+,18-;/m1./s1. The Morgan fingerprint density at radius 3 is 1.33 bits per heavy atom. The van der Waals surface area contributed by atoms with E-state index < -0.39 is 36.3 Å². The Bertz CT molecular complexity index is 688. The van der Waals surface area contributed by atoms with Crippen molar-refractivity contribution in [1.82, 2.24) is 5.32 Å². The number of nitrogens with one attached hydrogen (secondary N) is 1. The van der Waals surface area contributed by atoms with Crippen LogP contribution in [0.5, 0.6) is 0 Å². The molecule has 43 heavy (non-hydrogen) atoms. The molecule has 0 unspecified atom stereocenters. The van der Waals surface area contributed by atoms with E-state index in [1.807, 2.05) is 6.20 Å². The second kappa shape index (κ2) is 33.1. The van der Waals surface area contributed by atoms with Gasteiger partial charge in [0.05, 0.1) is 12.2 Å². The van der Waals surface area contributed by atoms with Gasteiger partial charge < -0.3 is 41.4 Å². The minimum Gasteiger partial charge on any atom is -0.547 e. The molecule has 0 saturated heterocycles. The molecule has 1 amide bonds. The molecule has 0 fully saturated rings. The first-order valence-electron chi connectivity index (χ1n) is 17.1. The number of quaternary nitrogens is 1. The van der Waals surface area contributed by atoms with E-state index in [2.05, 4.69) is 31.0 Å². The van der Waals surface area contributed by atoms with Gasteiger partial charge in [0.1, 0.15) is 18.3 Å². The Morgan fingerprint density at radius 1 is 0.605 bits per heavy atom. The first kappa shape index (κ1) is 43.3. The summed E-state index contributed by atoms with van der Waals surface area (Å²) in [6.45, 7) is 4.49. The molecule has 0 spiro atoms. The Morgan fingerprint density at radius 2 is 0.953 bits per heavy atom. The average molecular weight is 615 g/mol. The molecular weight excluding hydrogens is 548 g/mol. The third-order valence-corrected chi connectivity index (χ3v) is 7.47. The molecule has 4 atom stereocenters. The predicted octanol–water partition coefficient (Wildman–Crippen LogP) is 4.17. The molecule has 0 aliphatic carbocycles. The van der Waals surface area contributed by atoms with Crippen molar-refractivity contribution >= 4 is 11.9 Å². The van der Waals surface area contributed by atoms with Crippen molar-refractivity contribution in [1.29, 1.82) is 0 Å². The van der Waals surface area contributed by atoms with Crippen LogP contribution >= 0.6 is 0 Å². The van der Waals surface area contributed by atoms with E-state index in [0.29, 0.717) is 0 Å². The van der Waals surface area contributed by atoms with E-state index in [9.17, 15) is 30.0 Å². The Hall–Kier alpha value is -1.78. The fourth-order valence-electron chi connectivity index (χ4n) is 4.59. The number of hydrogen-bond donors (Lipinski definition) is 6. The highest BCUT2D eigenvalue weighted by Crippen LogP contribution is 2.12. The van der Waals surface area contributed by atoms with Crippen LogP contribution in [0.25, 0.3) is 0 Å². The third kappa shape index (κ3) is 28.7. The first-order valence-corrected chi connectivity index (χ1v) is 17.1. The number of carboxylic acids is 1. The van der Waals surface area contributed by atoms with Crippen molar-refractivity contribution in [2.24, 2.45) is 0 Å². The van der Waals surface area contributed by atoms with E-state index in [0.717, 1.165) is 19.3 Å². The lowest BCUT2D eigenvalue weighted by Gasteiger charge is -2.25. The molecule has 0 aromatic carbocycles. The SMILES string of the molecule is CCCCCCCCCCCCC=CNC(=O)[C@@H](O)[C@H](O)[C@@H](O)[C@@H](O)C(=O)[O-].CCCCCCCCCCCCC=C[NH3+]. The first-order chi connectivity index (χ1) is 20.7. The minimum absolute atomic E-state index is 0.751. The van der Waals surface area contributed by atoms with Gasteiger partial charge in [-0.1, -0.05) is 135 Å². The largest absolute Gasteiger partial charge is 0.547 e. The molecule has 0 aliphatic heterocycles. The van der Waals surface area contributed by atoms with E-state index in [1.165, 1.54) is 128 Å². The Labute approximate surface area is 262 Å². The van der Waals surface area contributed by atoms with Crippen molar-refractivity contribution < 1.29 is 40.9 Å². The normalized spacial score (nSPS) is 14.3. The highest BCUT2D eigenvalue weighted by molar-refractivity contribution is 5.82. The molecule has 0 rings (SSSR count). The zero-order valence-corrected chi connectivity index (χ0v) is 27.4. The summed E-state index contributed by atoms with van der Waals surface area (Å²) in [4.78, 5) is 22.1. The zero-order valence-electron chi connectivity index (χ0n) is 27.4. The highest BCUT2D eigenvalue weighted by atomic mass is 16.4. The molecule has 8 N–H and O–H groups in total. The summed E-state index contributed by atoms with van der Waals surface area (Å²) >= 11 is 0. The van der Waals surface area contributed by atoms with Gasteiger partial charge in [0.15, 0.2) is 6.10 Å². The lowest BCUT2D eigenvalue weighted by molar-refractivity contribution is -0.320. The maximum Gasteiger partial charge on any atom is 0.255 e. The fraction of sp³-hybridized carbons (Fsp3) is 0.824. The average Bonchev–Trinajstić information content (AvgIpc) is 3.00. The van der Waals surface area contributed by atoms with Crippen LogP contribution in [0.4, 0.5) is 0 Å². The van der Waals surface area contributed by atoms with E-state index >= 15 is 0 Å². The summed E-state index contributed by atoms with van der Waals surface area (Å²) < 4.78 is 0. The van der Waals surface area contributed by atoms with Gasteiger partial charge in [0.25, 0.3) is 5.91 Å². The number of aliphatic carboxylic acids is 1. The van der Waals surface area contributed by atoms with Gasteiger partial charge in [0.2, 0.25) is 0 Å². The van der Waals surface area contributed by atoms with Gasteiger partial charge in [-0.05, 0) is 38.0 Å². The second-order valence-corrected chi connectivity index (χ2v) is 11.5. The summed E-state index contributed by atoms with van der Waals surface area (Å²) in [5, 5.41) is 50.2. The second-order valence-electron chi connectivity index (χ2n) is 11.5.